The highest BCUT2D eigenvalue weighted by atomic mass is 16.3. The number of aryl methyl sites for hydroxylation is 1. The summed E-state index contributed by atoms with van der Waals surface area (Å²) in [5.41, 5.74) is 2.98. The summed E-state index contributed by atoms with van der Waals surface area (Å²) in [7, 11) is 0. The molecule has 126 valence electrons. The zero-order chi connectivity index (χ0) is 16.2. The van der Waals surface area contributed by atoms with Crippen LogP contribution in [0.5, 0.6) is 5.75 Å². The number of hydrogen-bond donors (Lipinski definition) is 2. The molecule has 1 aromatic rings. The van der Waals surface area contributed by atoms with Crippen molar-refractivity contribution in [2.24, 2.45) is 23.2 Å². The highest BCUT2D eigenvalue weighted by Crippen LogP contribution is 2.62. The topological polar surface area (TPSA) is 40.5 Å². The van der Waals surface area contributed by atoms with Crippen LogP contribution in [0.3, 0.4) is 0 Å². The maximum Gasteiger partial charge on any atom is 0.115 e. The molecule has 6 atom stereocenters. The molecule has 2 N–H and O–H groups in total. The Morgan fingerprint density at radius 3 is 2.87 bits per heavy atom. The van der Waals surface area contributed by atoms with Crippen molar-refractivity contribution in [2.75, 3.05) is 0 Å². The fourth-order valence-electron chi connectivity index (χ4n) is 6.37. The number of fused-ring (bicyclic) bond motifs is 5. The second kappa shape index (κ2) is 5.51. The molecule has 4 rings (SSSR count). The highest BCUT2D eigenvalue weighted by Gasteiger charge is 2.57. The van der Waals surface area contributed by atoms with Crippen molar-refractivity contribution in [3.63, 3.8) is 0 Å². The SMILES string of the molecule is CCC[C@H]1C[C@H]2[C@H]3CCc4cc(O)ccc4[C@H]3CC[C@]2(C)[C@H]1O. The van der Waals surface area contributed by atoms with E-state index in [1.54, 1.807) is 0 Å². The molecule has 2 saturated carbocycles. The summed E-state index contributed by atoms with van der Waals surface area (Å²) in [4.78, 5) is 0. The molecule has 0 aliphatic heterocycles. The van der Waals surface area contributed by atoms with Gasteiger partial charge in [0.25, 0.3) is 0 Å². The van der Waals surface area contributed by atoms with Gasteiger partial charge in [0.15, 0.2) is 0 Å². The molecular formula is C21H30O2. The van der Waals surface area contributed by atoms with Crippen molar-refractivity contribution < 1.29 is 10.2 Å². The summed E-state index contributed by atoms with van der Waals surface area (Å²) in [6, 6.07) is 6.00. The molecule has 2 nitrogen and oxygen atoms in total. The molecule has 0 saturated heterocycles. The standard InChI is InChI=1S/C21H30O2/c1-3-4-14-12-19-18-7-5-13-11-15(22)6-8-16(13)17(18)9-10-21(19,2)20(14)23/h6,8,11,14,17-20,22-23H,3-5,7,9-10,12H2,1-2H3/t14-,17+,18-,19-,20-,21-/m0/s1. The summed E-state index contributed by atoms with van der Waals surface area (Å²) in [6.45, 7) is 4.60. The second-order valence-corrected chi connectivity index (χ2v) is 8.57. The Kier molecular flexibility index (Phi) is 3.72. The van der Waals surface area contributed by atoms with Gasteiger partial charge in [-0.2, -0.15) is 0 Å². The number of hydrogen-bond acceptors (Lipinski definition) is 2. The molecule has 3 aliphatic carbocycles. The molecule has 3 aliphatic rings. The van der Waals surface area contributed by atoms with Crippen molar-refractivity contribution in [2.45, 2.75) is 70.8 Å². The van der Waals surface area contributed by atoms with E-state index in [9.17, 15) is 10.2 Å². The van der Waals surface area contributed by atoms with Crippen molar-refractivity contribution in [3.8, 4) is 5.75 Å². The predicted octanol–water partition coefficient (Wildman–Crippen LogP) is 4.64. The third-order valence-electron chi connectivity index (χ3n) is 7.49. The quantitative estimate of drug-likeness (QED) is 0.835. The van der Waals surface area contributed by atoms with Gasteiger partial charge in [-0.05, 0) is 90.9 Å². The summed E-state index contributed by atoms with van der Waals surface area (Å²) >= 11 is 0. The van der Waals surface area contributed by atoms with Crippen LogP contribution in [0.15, 0.2) is 18.2 Å². The zero-order valence-corrected chi connectivity index (χ0v) is 14.5. The molecule has 0 spiro atoms. The van der Waals surface area contributed by atoms with Gasteiger partial charge in [0.05, 0.1) is 6.10 Å². The smallest absolute Gasteiger partial charge is 0.115 e. The van der Waals surface area contributed by atoms with Gasteiger partial charge in [0.1, 0.15) is 5.75 Å². The number of benzene rings is 1. The van der Waals surface area contributed by atoms with Gasteiger partial charge in [0, 0.05) is 0 Å². The Morgan fingerprint density at radius 2 is 2.09 bits per heavy atom. The minimum Gasteiger partial charge on any atom is -0.508 e. The fraction of sp³-hybridized carbons (Fsp3) is 0.714. The first-order valence-corrected chi connectivity index (χ1v) is 9.54. The predicted molar refractivity (Wildman–Crippen MR) is 92.5 cm³/mol. The molecule has 0 heterocycles. The number of phenols is 1. The van der Waals surface area contributed by atoms with E-state index in [1.165, 1.54) is 43.2 Å². The number of aliphatic hydroxyl groups excluding tert-OH is 1. The van der Waals surface area contributed by atoms with Gasteiger partial charge < -0.3 is 10.2 Å². The molecule has 2 heteroatoms. The maximum absolute atomic E-state index is 11.0. The van der Waals surface area contributed by atoms with Crippen molar-refractivity contribution in [1.29, 1.82) is 0 Å². The van der Waals surface area contributed by atoms with E-state index in [0.717, 1.165) is 18.8 Å². The van der Waals surface area contributed by atoms with Crippen LogP contribution >= 0.6 is 0 Å². The van der Waals surface area contributed by atoms with Crippen LogP contribution in [-0.4, -0.2) is 16.3 Å². The average Bonchev–Trinajstić information content (AvgIpc) is 2.79. The maximum atomic E-state index is 11.0. The molecule has 1 aromatic carbocycles. The molecule has 0 unspecified atom stereocenters. The normalized spacial score (nSPS) is 42.0. The van der Waals surface area contributed by atoms with Crippen LogP contribution in [0.2, 0.25) is 0 Å². The Balaban J connectivity index is 1.65. The Morgan fingerprint density at radius 1 is 1.26 bits per heavy atom. The van der Waals surface area contributed by atoms with Crippen molar-refractivity contribution >= 4 is 0 Å². The lowest BCUT2D eigenvalue weighted by Gasteiger charge is -2.50. The monoisotopic (exact) mass is 314 g/mol. The lowest BCUT2D eigenvalue weighted by molar-refractivity contribution is -0.0333. The molecular weight excluding hydrogens is 284 g/mol. The van der Waals surface area contributed by atoms with Crippen LogP contribution < -0.4 is 0 Å². The minimum atomic E-state index is -0.102. The minimum absolute atomic E-state index is 0.102. The number of rotatable bonds is 2. The summed E-state index contributed by atoms with van der Waals surface area (Å²) < 4.78 is 0. The van der Waals surface area contributed by atoms with Gasteiger partial charge in [-0.1, -0.05) is 26.3 Å². The summed E-state index contributed by atoms with van der Waals surface area (Å²) in [5.74, 6) is 2.96. The van der Waals surface area contributed by atoms with Crippen LogP contribution in [0.25, 0.3) is 0 Å². The van der Waals surface area contributed by atoms with Gasteiger partial charge >= 0.3 is 0 Å². The Labute approximate surface area is 139 Å². The second-order valence-electron chi connectivity index (χ2n) is 8.57. The summed E-state index contributed by atoms with van der Waals surface area (Å²) in [6.07, 6.45) is 8.15. The van der Waals surface area contributed by atoms with E-state index in [-0.39, 0.29) is 11.5 Å². The molecule has 0 amide bonds. The first kappa shape index (κ1) is 15.5. The van der Waals surface area contributed by atoms with Gasteiger partial charge in [-0.3, -0.25) is 0 Å². The third-order valence-corrected chi connectivity index (χ3v) is 7.49. The van der Waals surface area contributed by atoms with Gasteiger partial charge in [-0.15, -0.1) is 0 Å². The lowest BCUT2D eigenvalue weighted by Crippen LogP contribution is -2.44. The molecule has 0 radical (unpaired) electrons. The van der Waals surface area contributed by atoms with E-state index in [4.69, 9.17) is 0 Å². The Bertz CT molecular complexity index is 596. The lowest BCUT2D eigenvalue weighted by atomic mass is 9.55. The van der Waals surface area contributed by atoms with Gasteiger partial charge in [0.2, 0.25) is 0 Å². The first-order valence-electron chi connectivity index (χ1n) is 9.54. The van der Waals surface area contributed by atoms with E-state index in [2.05, 4.69) is 19.9 Å². The number of aromatic hydroxyl groups is 1. The highest BCUT2D eigenvalue weighted by molar-refractivity contribution is 5.40. The molecule has 0 aromatic heterocycles. The van der Waals surface area contributed by atoms with Gasteiger partial charge in [-0.25, -0.2) is 0 Å². The Hall–Kier alpha value is -1.02. The van der Waals surface area contributed by atoms with E-state index in [1.807, 2.05) is 12.1 Å². The molecule has 23 heavy (non-hydrogen) atoms. The molecule has 2 fully saturated rings. The zero-order valence-electron chi connectivity index (χ0n) is 14.5. The summed E-state index contributed by atoms with van der Waals surface area (Å²) in [5, 5.41) is 20.7. The van der Waals surface area contributed by atoms with Crippen LogP contribution in [0.4, 0.5) is 0 Å². The van der Waals surface area contributed by atoms with Crippen molar-refractivity contribution in [1.82, 2.24) is 0 Å². The first-order chi connectivity index (χ1) is 11.0. The molecule has 0 bridgehead atoms. The van der Waals surface area contributed by atoms with E-state index >= 15 is 0 Å². The third kappa shape index (κ3) is 2.25. The number of aliphatic hydroxyl groups is 1. The largest absolute Gasteiger partial charge is 0.508 e. The van der Waals surface area contributed by atoms with E-state index < -0.39 is 0 Å². The van der Waals surface area contributed by atoms with Crippen LogP contribution in [0.1, 0.15) is 69.4 Å². The van der Waals surface area contributed by atoms with E-state index in [0.29, 0.717) is 23.5 Å². The van der Waals surface area contributed by atoms with Crippen LogP contribution in [0, 0.1) is 23.2 Å². The number of phenolic OH excluding ortho intramolecular Hbond substituents is 1. The average molecular weight is 314 g/mol. The van der Waals surface area contributed by atoms with Crippen molar-refractivity contribution in [3.05, 3.63) is 29.3 Å². The fourth-order valence-corrected chi connectivity index (χ4v) is 6.37. The van der Waals surface area contributed by atoms with Crippen LogP contribution in [-0.2, 0) is 6.42 Å².